The van der Waals surface area contributed by atoms with E-state index < -0.39 is 27.8 Å². The molecule has 6 nitrogen and oxygen atoms in total. The van der Waals surface area contributed by atoms with Crippen LogP contribution in [0.25, 0.3) is 0 Å². The maximum Gasteiger partial charge on any atom is 0.308 e. The largest absolute Gasteiger partial charge is 0.740 e. The average molecular weight is 220 g/mol. The minimum Gasteiger partial charge on any atom is -0.740 e. The van der Waals surface area contributed by atoms with E-state index in [4.69, 9.17) is 0 Å². The predicted octanol–water partition coefficient (Wildman–Crippen LogP) is 0.907. The lowest BCUT2D eigenvalue weighted by molar-refractivity contribution is -0.387. The fourth-order valence-corrected chi connectivity index (χ4v) is 1.02. The third-order valence-corrected chi connectivity index (χ3v) is 1.61. The van der Waals surface area contributed by atoms with Gasteiger partial charge in [-0.25, -0.2) is 4.21 Å². The summed E-state index contributed by atoms with van der Waals surface area (Å²) in [7, 11) is 0. The maximum atomic E-state index is 12.7. The molecule has 0 aromatic heterocycles. The summed E-state index contributed by atoms with van der Waals surface area (Å²) in [6.07, 6.45) is 0. The summed E-state index contributed by atoms with van der Waals surface area (Å²) in [4.78, 5) is 9.24. The van der Waals surface area contributed by atoms with Crippen molar-refractivity contribution in [1.82, 2.24) is 0 Å². The molecule has 1 aromatic carbocycles. The minimum atomic E-state index is -2.84. The smallest absolute Gasteiger partial charge is 0.308 e. The first kappa shape index (κ1) is 10.5. The van der Waals surface area contributed by atoms with E-state index in [1.165, 1.54) is 0 Å². The average Bonchev–Trinajstić information content (AvgIpc) is 2.07. The highest BCUT2D eigenvalue weighted by molar-refractivity contribution is 7.74. The van der Waals surface area contributed by atoms with Gasteiger partial charge in [-0.2, -0.15) is 4.39 Å². The van der Waals surface area contributed by atoms with Gasteiger partial charge >= 0.3 is 5.69 Å². The molecule has 1 rings (SSSR count). The number of benzene rings is 1. The highest BCUT2D eigenvalue weighted by Crippen LogP contribution is 2.23. The summed E-state index contributed by atoms with van der Waals surface area (Å²) in [5, 5.41) is 10.2. The Labute approximate surface area is 79.9 Å². The SMILES string of the molecule is O=[N+]([O-])c1cc(OS(=O)[O-])ccc1F. The Bertz CT molecular complexity index is 396. The molecular formula is C6H3FNO5S-. The second-order valence-electron chi connectivity index (χ2n) is 2.16. The van der Waals surface area contributed by atoms with Crippen LogP contribution in [-0.2, 0) is 11.4 Å². The molecule has 1 atom stereocenters. The molecule has 0 aliphatic heterocycles. The lowest BCUT2D eigenvalue weighted by Crippen LogP contribution is -1.99. The number of rotatable bonds is 3. The third kappa shape index (κ3) is 2.47. The van der Waals surface area contributed by atoms with Crippen LogP contribution in [0.2, 0.25) is 0 Å². The Morgan fingerprint density at radius 1 is 1.50 bits per heavy atom. The van der Waals surface area contributed by atoms with Gasteiger partial charge in [0.1, 0.15) is 17.1 Å². The van der Waals surface area contributed by atoms with Crippen LogP contribution >= 0.6 is 0 Å². The molecule has 0 spiro atoms. The zero-order chi connectivity index (χ0) is 10.7. The van der Waals surface area contributed by atoms with Gasteiger partial charge in [-0.05, 0) is 12.1 Å². The molecule has 0 aliphatic rings. The molecule has 0 heterocycles. The monoisotopic (exact) mass is 220 g/mol. The first-order valence-corrected chi connectivity index (χ1v) is 4.22. The number of hydrogen-bond acceptors (Lipinski definition) is 5. The van der Waals surface area contributed by atoms with Gasteiger partial charge in [0.15, 0.2) is 0 Å². The summed E-state index contributed by atoms with van der Waals surface area (Å²) >= 11 is -2.84. The topological polar surface area (TPSA) is 92.5 Å². The maximum absolute atomic E-state index is 12.7. The van der Waals surface area contributed by atoms with E-state index >= 15 is 0 Å². The number of nitrogens with zero attached hydrogens (tertiary/aromatic N) is 1. The van der Waals surface area contributed by atoms with Crippen molar-refractivity contribution in [3.63, 3.8) is 0 Å². The fraction of sp³-hybridized carbons (Fsp3) is 0. The van der Waals surface area contributed by atoms with Crippen molar-refractivity contribution in [2.24, 2.45) is 0 Å². The van der Waals surface area contributed by atoms with Crippen molar-refractivity contribution in [2.75, 3.05) is 0 Å². The zero-order valence-electron chi connectivity index (χ0n) is 6.51. The third-order valence-electron chi connectivity index (χ3n) is 1.28. The van der Waals surface area contributed by atoms with Gasteiger partial charge < -0.3 is 8.74 Å². The molecule has 0 bridgehead atoms. The Morgan fingerprint density at radius 3 is 2.64 bits per heavy atom. The molecule has 76 valence electrons. The van der Waals surface area contributed by atoms with Crippen LogP contribution in [0, 0.1) is 15.9 Å². The lowest BCUT2D eigenvalue weighted by atomic mass is 10.3. The molecule has 1 unspecified atom stereocenters. The van der Waals surface area contributed by atoms with E-state index in [1.807, 2.05) is 0 Å². The highest BCUT2D eigenvalue weighted by Gasteiger charge is 2.14. The first-order chi connectivity index (χ1) is 6.50. The first-order valence-electron chi connectivity index (χ1n) is 3.22. The van der Waals surface area contributed by atoms with Gasteiger partial charge in [-0.15, -0.1) is 0 Å². The van der Waals surface area contributed by atoms with Crippen LogP contribution in [0.1, 0.15) is 0 Å². The van der Waals surface area contributed by atoms with Crippen LogP contribution < -0.4 is 4.18 Å². The quantitative estimate of drug-likeness (QED) is 0.428. The summed E-state index contributed by atoms with van der Waals surface area (Å²) < 4.78 is 36.9. The molecule has 0 fully saturated rings. The Balaban J connectivity index is 3.06. The number of hydrogen-bond donors (Lipinski definition) is 0. The normalized spacial score (nSPS) is 12.1. The fourth-order valence-electron chi connectivity index (χ4n) is 0.763. The minimum absolute atomic E-state index is 0.313. The Kier molecular flexibility index (Phi) is 3.10. The molecule has 0 radical (unpaired) electrons. The summed E-state index contributed by atoms with van der Waals surface area (Å²) in [5.41, 5.74) is -0.840. The van der Waals surface area contributed by atoms with Gasteiger partial charge in [0.2, 0.25) is 5.82 Å². The molecule has 14 heavy (non-hydrogen) atoms. The van der Waals surface area contributed by atoms with Crippen LogP contribution in [0.5, 0.6) is 5.75 Å². The van der Waals surface area contributed by atoms with Gasteiger partial charge in [-0.1, -0.05) is 0 Å². The zero-order valence-corrected chi connectivity index (χ0v) is 7.32. The summed E-state index contributed by atoms with van der Waals surface area (Å²) in [6.45, 7) is 0. The second kappa shape index (κ2) is 4.11. The van der Waals surface area contributed by atoms with E-state index in [-0.39, 0.29) is 5.75 Å². The van der Waals surface area contributed by atoms with Crippen LogP contribution in [-0.4, -0.2) is 13.7 Å². The number of halogens is 1. The van der Waals surface area contributed by atoms with E-state index in [9.17, 15) is 23.3 Å². The number of nitro benzene ring substituents is 1. The molecule has 0 aliphatic carbocycles. The van der Waals surface area contributed by atoms with Crippen molar-refractivity contribution in [1.29, 1.82) is 0 Å². The second-order valence-corrected chi connectivity index (χ2v) is 2.73. The molecule has 1 aromatic rings. The van der Waals surface area contributed by atoms with Gasteiger partial charge in [-0.3, -0.25) is 10.1 Å². The number of nitro groups is 1. The van der Waals surface area contributed by atoms with Crippen molar-refractivity contribution < 1.29 is 22.3 Å². The van der Waals surface area contributed by atoms with E-state index in [0.29, 0.717) is 6.07 Å². The molecule has 0 N–H and O–H groups in total. The highest BCUT2D eigenvalue weighted by atomic mass is 32.2. The standard InChI is InChI=1S/C6H4FNO5S/c7-5-2-1-4(13-14(11)12)3-6(5)8(9)10/h1-3H,(H,11,12)/p-1. The van der Waals surface area contributed by atoms with Crippen molar-refractivity contribution in [3.8, 4) is 5.75 Å². The van der Waals surface area contributed by atoms with Gasteiger partial charge in [0, 0.05) is 0 Å². The summed E-state index contributed by atoms with van der Waals surface area (Å²) in [6, 6.07) is 2.41. The van der Waals surface area contributed by atoms with Crippen molar-refractivity contribution in [2.45, 2.75) is 0 Å². The summed E-state index contributed by atoms with van der Waals surface area (Å²) in [5.74, 6) is -1.37. The van der Waals surface area contributed by atoms with E-state index in [2.05, 4.69) is 4.18 Å². The molecule has 0 amide bonds. The Hall–Kier alpha value is -1.54. The van der Waals surface area contributed by atoms with Crippen LogP contribution in [0.3, 0.4) is 0 Å². The molecular weight excluding hydrogens is 217 g/mol. The van der Waals surface area contributed by atoms with Crippen molar-refractivity contribution in [3.05, 3.63) is 34.1 Å². The van der Waals surface area contributed by atoms with Crippen LogP contribution in [0.4, 0.5) is 10.1 Å². The van der Waals surface area contributed by atoms with Gasteiger partial charge in [0.25, 0.3) is 0 Å². The lowest BCUT2D eigenvalue weighted by Gasteiger charge is -2.06. The van der Waals surface area contributed by atoms with E-state index in [0.717, 1.165) is 12.1 Å². The molecule has 8 heteroatoms. The Morgan fingerprint density at radius 2 is 2.14 bits per heavy atom. The van der Waals surface area contributed by atoms with E-state index in [1.54, 1.807) is 0 Å². The predicted molar refractivity (Wildman–Crippen MR) is 42.6 cm³/mol. The molecule has 0 saturated carbocycles. The van der Waals surface area contributed by atoms with Gasteiger partial charge in [0.05, 0.1) is 11.0 Å². The molecule has 0 saturated heterocycles. The van der Waals surface area contributed by atoms with Crippen LogP contribution in [0.15, 0.2) is 18.2 Å². The van der Waals surface area contributed by atoms with Crippen molar-refractivity contribution >= 4 is 17.0 Å².